The van der Waals surface area contributed by atoms with Crippen LogP contribution in [-0.4, -0.2) is 32.3 Å². The van der Waals surface area contributed by atoms with Gasteiger partial charge in [-0.2, -0.15) is 4.98 Å². The van der Waals surface area contributed by atoms with E-state index in [0.717, 1.165) is 4.57 Å². The smallest absolute Gasteiger partial charge is 0.413 e. The molecule has 0 spiro atoms. The second-order valence-electron chi connectivity index (χ2n) is 4.74. The zero-order valence-electron chi connectivity index (χ0n) is 10.8. The summed E-state index contributed by atoms with van der Waals surface area (Å²) in [6.45, 7) is 4.61. The second kappa shape index (κ2) is 5.51. The molecule has 0 atom stereocenters. The third-order valence-electron chi connectivity index (χ3n) is 1.81. The van der Waals surface area contributed by atoms with Crippen LogP contribution in [0.15, 0.2) is 17.1 Å². The summed E-state index contributed by atoms with van der Waals surface area (Å²) >= 11 is 0. The topological polar surface area (TPSA) is 111 Å². The average Bonchev–Trinajstić information content (AvgIpc) is 2.18. The van der Waals surface area contributed by atoms with Gasteiger partial charge in [-0.1, -0.05) is 0 Å². The number of amides is 1. The van der Waals surface area contributed by atoms with E-state index in [9.17, 15) is 14.4 Å². The first-order chi connectivity index (χ1) is 8.67. The van der Waals surface area contributed by atoms with Gasteiger partial charge < -0.3 is 9.84 Å². The van der Waals surface area contributed by atoms with Gasteiger partial charge in [-0.25, -0.2) is 9.59 Å². The van der Waals surface area contributed by atoms with E-state index >= 15 is 0 Å². The van der Waals surface area contributed by atoms with Crippen LogP contribution in [0.5, 0.6) is 0 Å². The Bertz CT molecular complexity index is 544. The van der Waals surface area contributed by atoms with Crippen molar-refractivity contribution in [2.24, 2.45) is 0 Å². The minimum atomic E-state index is -1.16. The molecule has 0 aliphatic rings. The Morgan fingerprint density at radius 1 is 1.47 bits per heavy atom. The number of aliphatic carboxylic acids is 1. The highest BCUT2D eigenvalue weighted by Gasteiger charge is 2.16. The molecule has 19 heavy (non-hydrogen) atoms. The molecule has 0 unspecified atom stereocenters. The van der Waals surface area contributed by atoms with Crippen LogP contribution in [0.4, 0.5) is 10.6 Å². The minimum absolute atomic E-state index is 0.000823. The van der Waals surface area contributed by atoms with Gasteiger partial charge in [-0.05, 0) is 26.8 Å². The molecular formula is C11H15N3O5. The Morgan fingerprint density at radius 2 is 2.11 bits per heavy atom. The molecule has 0 aromatic carbocycles. The van der Waals surface area contributed by atoms with Crippen LogP contribution in [0.2, 0.25) is 0 Å². The molecule has 1 aromatic heterocycles. The third kappa shape index (κ3) is 5.19. The molecule has 2 N–H and O–H groups in total. The first-order valence-corrected chi connectivity index (χ1v) is 5.47. The van der Waals surface area contributed by atoms with Crippen molar-refractivity contribution < 1.29 is 19.4 Å². The Labute approximate surface area is 109 Å². The first kappa shape index (κ1) is 14.7. The van der Waals surface area contributed by atoms with Crippen molar-refractivity contribution in [3.05, 3.63) is 22.7 Å². The molecule has 0 fully saturated rings. The molecule has 0 saturated heterocycles. The highest BCUT2D eigenvalue weighted by Crippen LogP contribution is 2.08. The third-order valence-corrected chi connectivity index (χ3v) is 1.81. The van der Waals surface area contributed by atoms with E-state index in [1.165, 1.54) is 12.3 Å². The number of ether oxygens (including phenoxy) is 1. The van der Waals surface area contributed by atoms with Gasteiger partial charge in [0.2, 0.25) is 0 Å². The molecular weight excluding hydrogens is 254 g/mol. The Morgan fingerprint density at radius 3 is 2.58 bits per heavy atom. The lowest BCUT2D eigenvalue weighted by Crippen LogP contribution is -2.30. The van der Waals surface area contributed by atoms with E-state index in [-0.39, 0.29) is 5.82 Å². The SMILES string of the molecule is CC(C)(C)OC(=O)Nc1ccn(CC(=O)O)c(=O)n1. The van der Waals surface area contributed by atoms with Gasteiger partial charge in [-0.3, -0.25) is 14.7 Å². The quantitative estimate of drug-likeness (QED) is 0.834. The number of carbonyl (C=O) groups excluding carboxylic acids is 1. The van der Waals surface area contributed by atoms with Crippen LogP contribution in [0, 0.1) is 0 Å². The molecule has 0 bridgehead atoms. The lowest BCUT2D eigenvalue weighted by atomic mass is 10.2. The van der Waals surface area contributed by atoms with Crippen molar-refractivity contribution in [1.29, 1.82) is 0 Å². The average molecular weight is 269 g/mol. The van der Waals surface area contributed by atoms with Crippen LogP contribution < -0.4 is 11.0 Å². The van der Waals surface area contributed by atoms with E-state index in [1.54, 1.807) is 20.8 Å². The van der Waals surface area contributed by atoms with E-state index in [2.05, 4.69) is 10.3 Å². The predicted octanol–water partition coefficient (Wildman–Crippen LogP) is 0.675. The maximum atomic E-state index is 11.4. The molecule has 8 heteroatoms. The molecule has 0 aliphatic heterocycles. The maximum absolute atomic E-state index is 11.4. The normalized spacial score (nSPS) is 10.9. The Kier molecular flexibility index (Phi) is 4.26. The van der Waals surface area contributed by atoms with Crippen LogP contribution >= 0.6 is 0 Å². The van der Waals surface area contributed by atoms with Crippen LogP contribution in [-0.2, 0) is 16.1 Å². The van der Waals surface area contributed by atoms with Gasteiger partial charge in [0.15, 0.2) is 0 Å². The van der Waals surface area contributed by atoms with Crippen molar-refractivity contribution in [3.8, 4) is 0 Å². The van der Waals surface area contributed by atoms with Crippen molar-refractivity contribution in [1.82, 2.24) is 9.55 Å². The minimum Gasteiger partial charge on any atom is -0.480 e. The fourth-order valence-corrected chi connectivity index (χ4v) is 1.17. The summed E-state index contributed by atoms with van der Waals surface area (Å²) in [4.78, 5) is 36.9. The molecule has 0 aliphatic carbocycles. The number of carboxylic acids is 1. The van der Waals surface area contributed by atoms with Crippen molar-refractivity contribution in [2.75, 3.05) is 5.32 Å². The van der Waals surface area contributed by atoms with Crippen molar-refractivity contribution in [3.63, 3.8) is 0 Å². The monoisotopic (exact) mass is 269 g/mol. The fraction of sp³-hybridized carbons (Fsp3) is 0.455. The standard InChI is InChI=1S/C11H15N3O5/c1-11(2,3)19-10(18)13-7-4-5-14(6-8(15)16)9(17)12-7/h4-5H,6H2,1-3H3,(H,15,16)(H,12,13,17,18). The number of nitrogens with zero attached hydrogens (tertiary/aromatic N) is 2. The number of nitrogens with one attached hydrogen (secondary N) is 1. The van der Waals surface area contributed by atoms with Gasteiger partial charge in [-0.15, -0.1) is 0 Å². The molecule has 1 heterocycles. The van der Waals surface area contributed by atoms with Gasteiger partial charge in [0.25, 0.3) is 0 Å². The van der Waals surface area contributed by atoms with Gasteiger partial charge >= 0.3 is 17.8 Å². The lowest BCUT2D eigenvalue weighted by molar-refractivity contribution is -0.137. The number of carboxylic acid groups (broad SMARTS) is 1. The first-order valence-electron chi connectivity index (χ1n) is 5.47. The number of hydrogen-bond donors (Lipinski definition) is 2. The zero-order chi connectivity index (χ0) is 14.6. The van der Waals surface area contributed by atoms with Crippen molar-refractivity contribution >= 4 is 17.9 Å². The molecule has 1 rings (SSSR count). The van der Waals surface area contributed by atoms with E-state index in [0.29, 0.717) is 0 Å². The highest BCUT2D eigenvalue weighted by atomic mass is 16.6. The van der Waals surface area contributed by atoms with E-state index in [4.69, 9.17) is 9.84 Å². The number of anilines is 1. The second-order valence-corrected chi connectivity index (χ2v) is 4.74. The molecule has 1 amide bonds. The van der Waals surface area contributed by atoms with E-state index in [1.807, 2.05) is 0 Å². The summed E-state index contributed by atoms with van der Waals surface area (Å²) in [6.07, 6.45) is 0.492. The number of carbonyl (C=O) groups is 2. The Hall–Kier alpha value is -2.38. The molecule has 0 radical (unpaired) electrons. The van der Waals surface area contributed by atoms with Gasteiger partial charge in [0, 0.05) is 6.20 Å². The number of aromatic nitrogens is 2. The lowest BCUT2D eigenvalue weighted by Gasteiger charge is -2.19. The number of rotatable bonds is 3. The highest BCUT2D eigenvalue weighted by molar-refractivity contribution is 5.83. The zero-order valence-corrected chi connectivity index (χ0v) is 10.8. The summed E-state index contributed by atoms with van der Waals surface area (Å²) in [5, 5.41) is 10.8. The molecule has 1 aromatic rings. The molecule has 0 saturated carbocycles. The summed E-state index contributed by atoms with van der Waals surface area (Å²) in [7, 11) is 0. The Balaban J connectivity index is 2.76. The van der Waals surface area contributed by atoms with Gasteiger partial charge in [0.05, 0.1) is 0 Å². The van der Waals surface area contributed by atoms with Crippen LogP contribution in [0.25, 0.3) is 0 Å². The summed E-state index contributed by atoms with van der Waals surface area (Å²) in [6, 6.07) is 1.31. The van der Waals surface area contributed by atoms with E-state index < -0.39 is 29.9 Å². The molecule has 104 valence electrons. The maximum Gasteiger partial charge on any atom is 0.413 e. The summed E-state index contributed by atoms with van der Waals surface area (Å²) in [5.74, 6) is -1.15. The largest absolute Gasteiger partial charge is 0.480 e. The summed E-state index contributed by atoms with van der Waals surface area (Å²) in [5.41, 5.74) is -1.43. The molecule has 8 nitrogen and oxygen atoms in total. The summed E-state index contributed by atoms with van der Waals surface area (Å²) < 4.78 is 5.89. The predicted molar refractivity (Wildman–Crippen MR) is 66.0 cm³/mol. The number of hydrogen-bond acceptors (Lipinski definition) is 5. The van der Waals surface area contributed by atoms with Gasteiger partial charge in [0.1, 0.15) is 18.0 Å². The van der Waals surface area contributed by atoms with Crippen molar-refractivity contribution in [2.45, 2.75) is 32.9 Å². The van der Waals surface area contributed by atoms with Crippen LogP contribution in [0.3, 0.4) is 0 Å². The fourth-order valence-electron chi connectivity index (χ4n) is 1.17. The van der Waals surface area contributed by atoms with Crippen LogP contribution in [0.1, 0.15) is 20.8 Å².